The summed E-state index contributed by atoms with van der Waals surface area (Å²) >= 11 is 1.10. The van der Waals surface area contributed by atoms with Gasteiger partial charge in [0.1, 0.15) is 5.01 Å². The molecule has 1 unspecified atom stereocenters. The zero-order valence-electron chi connectivity index (χ0n) is 18.5. The molecule has 0 spiro atoms. The van der Waals surface area contributed by atoms with Crippen LogP contribution >= 0.6 is 22.7 Å². The van der Waals surface area contributed by atoms with E-state index in [9.17, 15) is 4.21 Å². The molecule has 176 valence electrons. The van der Waals surface area contributed by atoms with E-state index in [0.717, 1.165) is 38.2 Å². The first-order chi connectivity index (χ1) is 17.1. The summed E-state index contributed by atoms with van der Waals surface area (Å²) in [6.45, 7) is 0. The molecule has 2 aromatic heterocycles. The Morgan fingerprint density at radius 2 is 1.51 bits per heavy atom. The summed E-state index contributed by atoms with van der Waals surface area (Å²) in [5, 5.41) is 9.55. The van der Waals surface area contributed by atoms with Crippen molar-refractivity contribution in [2.75, 3.05) is 10.0 Å². The minimum Gasteiger partial charge on any atom is -0.353 e. The third kappa shape index (κ3) is 6.01. The SMILES string of the molecule is O=S(O)Nc1ccc(C[C@H](Nc2nc(-c3ccccc3)cs2)c2csc(-c3ccccc3)n2)cc1. The first-order valence-corrected chi connectivity index (χ1v) is 13.8. The summed E-state index contributed by atoms with van der Waals surface area (Å²) < 4.78 is 22.6. The maximum absolute atomic E-state index is 11.0. The van der Waals surface area contributed by atoms with Crippen molar-refractivity contribution in [1.82, 2.24) is 9.97 Å². The van der Waals surface area contributed by atoms with E-state index in [4.69, 9.17) is 14.5 Å². The molecule has 0 aliphatic heterocycles. The molecule has 9 heteroatoms. The molecule has 3 N–H and O–H groups in total. The van der Waals surface area contributed by atoms with Crippen LogP contribution in [0.15, 0.2) is 95.7 Å². The predicted octanol–water partition coefficient (Wildman–Crippen LogP) is 6.88. The highest BCUT2D eigenvalue weighted by atomic mass is 32.2. The Kier molecular flexibility index (Phi) is 7.29. The van der Waals surface area contributed by atoms with Gasteiger partial charge in [-0.3, -0.25) is 9.27 Å². The van der Waals surface area contributed by atoms with Crippen molar-refractivity contribution in [3.63, 3.8) is 0 Å². The van der Waals surface area contributed by atoms with Gasteiger partial charge in [0.05, 0.1) is 17.4 Å². The molecule has 0 saturated carbocycles. The molecule has 5 rings (SSSR count). The van der Waals surface area contributed by atoms with Crippen molar-refractivity contribution in [2.45, 2.75) is 12.5 Å². The van der Waals surface area contributed by atoms with Gasteiger partial charge >= 0.3 is 0 Å². The summed E-state index contributed by atoms with van der Waals surface area (Å²) in [5.74, 6) is 0. The molecule has 2 atom stereocenters. The van der Waals surface area contributed by atoms with Crippen LogP contribution in [0.3, 0.4) is 0 Å². The number of nitrogens with zero attached hydrogens (tertiary/aromatic N) is 2. The molecular weight excluding hydrogens is 497 g/mol. The largest absolute Gasteiger partial charge is 0.353 e. The van der Waals surface area contributed by atoms with Gasteiger partial charge in [0.15, 0.2) is 5.13 Å². The lowest BCUT2D eigenvalue weighted by Crippen LogP contribution is -2.14. The summed E-state index contributed by atoms with van der Waals surface area (Å²) in [6.07, 6.45) is 0.681. The Morgan fingerprint density at radius 1 is 0.829 bits per heavy atom. The van der Waals surface area contributed by atoms with Crippen LogP contribution in [0.5, 0.6) is 0 Å². The quantitative estimate of drug-likeness (QED) is 0.185. The number of rotatable bonds is 9. The molecule has 2 heterocycles. The van der Waals surface area contributed by atoms with Gasteiger partial charge in [-0.25, -0.2) is 14.2 Å². The lowest BCUT2D eigenvalue weighted by molar-refractivity contribution is 0.570. The van der Waals surface area contributed by atoms with Crippen LogP contribution in [0, 0.1) is 0 Å². The average molecular weight is 519 g/mol. The van der Waals surface area contributed by atoms with Crippen molar-refractivity contribution in [2.24, 2.45) is 0 Å². The third-order valence-electron chi connectivity index (χ3n) is 5.37. The van der Waals surface area contributed by atoms with E-state index < -0.39 is 11.3 Å². The lowest BCUT2D eigenvalue weighted by Gasteiger charge is -2.17. The molecule has 0 fully saturated rings. The Labute approximate surface area is 214 Å². The van der Waals surface area contributed by atoms with Gasteiger partial charge in [0, 0.05) is 27.6 Å². The second-order valence-electron chi connectivity index (χ2n) is 7.80. The summed E-state index contributed by atoms with van der Waals surface area (Å²) in [5.41, 5.74) is 5.72. The van der Waals surface area contributed by atoms with E-state index in [1.165, 1.54) is 0 Å². The highest BCUT2D eigenvalue weighted by molar-refractivity contribution is 7.80. The number of benzene rings is 3. The summed E-state index contributed by atoms with van der Waals surface area (Å²) in [7, 11) is 0. The Balaban J connectivity index is 1.41. The third-order valence-corrected chi connectivity index (χ3v) is 7.46. The van der Waals surface area contributed by atoms with Gasteiger partial charge in [-0.15, -0.1) is 22.7 Å². The van der Waals surface area contributed by atoms with Crippen LogP contribution < -0.4 is 10.0 Å². The lowest BCUT2D eigenvalue weighted by atomic mass is 10.0. The van der Waals surface area contributed by atoms with E-state index >= 15 is 0 Å². The first-order valence-electron chi connectivity index (χ1n) is 10.9. The number of nitrogens with one attached hydrogen (secondary N) is 2. The topological polar surface area (TPSA) is 87.1 Å². The van der Waals surface area contributed by atoms with E-state index in [2.05, 4.69) is 45.1 Å². The maximum atomic E-state index is 11.0. The van der Waals surface area contributed by atoms with Gasteiger partial charge in [-0.1, -0.05) is 72.8 Å². The smallest absolute Gasteiger partial charge is 0.259 e. The number of thiazole rings is 2. The van der Waals surface area contributed by atoms with E-state index in [-0.39, 0.29) is 6.04 Å². The van der Waals surface area contributed by atoms with Crippen LogP contribution in [0.4, 0.5) is 10.8 Å². The second-order valence-corrected chi connectivity index (χ2v) is 10.2. The fourth-order valence-corrected chi connectivity index (χ4v) is 5.66. The summed E-state index contributed by atoms with van der Waals surface area (Å²) in [4.78, 5) is 9.75. The molecule has 0 aliphatic rings. The van der Waals surface area contributed by atoms with Crippen molar-refractivity contribution in [3.05, 3.63) is 107 Å². The fourth-order valence-electron chi connectivity index (χ4n) is 3.67. The van der Waals surface area contributed by atoms with Gasteiger partial charge in [-0.2, -0.15) is 0 Å². The van der Waals surface area contributed by atoms with Crippen molar-refractivity contribution in [1.29, 1.82) is 0 Å². The first kappa shape index (κ1) is 23.4. The average Bonchev–Trinajstić information content (AvgIpc) is 3.56. The summed E-state index contributed by atoms with van der Waals surface area (Å²) in [6, 6.07) is 27.7. The molecule has 5 aromatic rings. The predicted molar refractivity (Wildman–Crippen MR) is 146 cm³/mol. The van der Waals surface area contributed by atoms with Crippen molar-refractivity contribution in [3.8, 4) is 21.8 Å². The van der Waals surface area contributed by atoms with Gasteiger partial charge in [-0.05, 0) is 24.1 Å². The Hall–Kier alpha value is -3.37. The van der Waals surface area contributed by atoms with Gasteiger partial charge in [0.25, 0.3) is 11.3 Å². The fraction of sp³-hybridized carbons (Fsp3) is 0.0769. The Morgan fingerprint density at radius 3 is 2.20 bits per heavy atom. The molecule has 3 aromatic carbocycles. The zero-order valence-corrected chi connectivity index (χ0v) is 20.9. The van der Waals surface area contributed by atoms with Gasteiger partial charge < -0.3 is 5.32 Å². The van der Waals surface area contributed by atoms with E-state index in [1.807, 2.05) is 48.5 Å². The number of hydrogen-bond acceptors (Lipinski definition) is 6. The minimum atomic E-state index is -2.10. The van der Waals surface area contributed by atoms with Crippen molar-refractivity contribution < 1.29 is 8.76 Å². The van der Waals surface area contributed by atoms with Crippen molar-refractivity contribution >= 4 is 44.8 Å². The number of aromatic nitrogens is 2. The van der Waals surface area contributed by atoms with Gasteiger partial charge in [0.2, 0.25) is 0 Å². The van der Waals surface area contributed by atoms with E-state index in [1.54, 1.807) is 34.8 Å². The van der Waals surface area contributed by atoms with E-state index in [0.29, 0.717) is 12.1 Å². The Bertz CT molecular complexity index is 1400. The minimum absolute atomic E-state index is 0.0933. The number of anilines is 2. The maximum Gasteiger partial charge on any atom is 0.259 e. The highest BCUT2D eigenvalue weighted by Gasteiger charge is 2.19. The second kappa shape index (κ2) is 10.9. The molecule has 35 heavy (non-hydrogen) atoms. The number of hydrogen-bond donors (Lipinski definition) is 3. The molecule has 6 nitrogen and oxygen atoms in total. The standard InChI is InChI=1S/C26H22N4O2S3/c31-35(32)30-21-13-11-18(12-14-21)15-22(24-17-33-25(27-24)20-9-5-2-6-10-20)28-26-29-23(16-34-26)19-7-3-1-4-8-19/h1-14,16-17,22,30H,15H2,(H,28,29)(H,31,32)/t22-/m0/s1. The molecule has 0 radical (unpaired) electrons. The molecule has 0 bridgehead atoms. The van der Waals surface area contributed by atoms with Crippen LogP contribution in [0.25, 0.3) is 21.8 Å². The van der Waals surface area contributed by atoms with Crippen LogP contribution in [0.2, 0.25) is 0 Å². The monoisotopic (exact) mass is 518 g/mol. The van der Waals surface area contributed by atoms with Crippen LogP contribution in [-0.4, -0.2) is 18.7 Å². The highest BCUT2D eigenvalue weighted by Crippen LogP contribution is 2.32. The normalized spacial score (nSPS) is 12.7. The molecule has 0 saturated heterocycles. The molecule has 0 amide bonds. The van der Waals surface area contributed by atoms with Crippen LogP contribution in [0.1, 0.15) is 17.3 Å². The molecule has 0 aliphatic carbocycles. The molecular formula is C26H22N4O2S3. The van der Waals surface area contributed by atoms with Crippen LogP contribution in [-0.2, 0) is 17.7 Å². The zero-order chi connectivity index (χ0) is 24.0.